The van der Waals surface area contributed by atoms with E-state index in [9.17, 15) is 10.1 Å². The molecule has 8 heteroatoms. The first-order chi connectivity index (χ1) is 13.2. The van der Waals surface area contributed by atoms with Crippen molar-refractivity contribution >= 4 is 17.7 Å². The van der Waals surface area contributed by atoms with Crippen molar-refractivity contribution in [2.45, 2.75) is 38.9 Å². The Hall–Kier alpha value is -2.85. The Morgan fingerprint density at radius 3 is 2.82 bits per heavy atom. The third-order valence-corrected chi connectivity index (χ3v) is 4.29. The quantitative estimate of drug-likeness (QED) is 0.722. The van der Waals surface area contributed by atoms with E-state index in [-0.39, 0.29) is 17.5 Å². The molecule has 1 saturated heterocycles. The largest absolute Gasteiger partial charge is 0.487 e. The van der Waals surface area contributed by atoms with Crippen molar-refractivity contribution < 1.29 is 14.3 Å². The molecule has 0 saturated carbocycles. The number of hydrogen-bond donors (Lipinski definition) is 0. The van der Waals surface area contributed by atoms with Gasteiger partial charge in [0.05, 0.1) is 17.8 Å². The number of rotatable bonds is 3. The van der Waals surface area contributed by atoms with Gasteiger partial charge in [0.15, 0.2) is 0 Å². The number of ether oxygens (including phenoxy) is 2. The van der Waals surface area contributed by atoms with Crippen molar-refractivity contribution in [3.8, 4) is 23.1 Å². The van der Waals surface area contributed by atoms with Crippen molar-refractivity contribution in [1.29, 1.82) is 5.26 Å². The lowest BCUT2D eigenvalue weighted by atomic mass is 10.1. The molecule has 0 N–H and O–H groups in total. The Labute approximate surface area is 168 Å². The van der Waals surface area contributed by atoms with Gasteiger partial charge in [0.25, 0.3) is 0 Å². The second kappa shape index (κ2) is 8.03. The zero-order chi connectivity index (χ0) is 20.3. The van der Waals surface area contributed by atoms with Gasteiger partial charge >= 0.3 is 6.09 Å². The van der Waals surface area contributed by atoms with Crippen molar-refractivity contribution in [1.82, 2.24) is 14.9 Å². The molecule has 28 heavy (non-hydrogen) atoms. The molecule has 1 aromatic carbocycles. The van der Waals surface area contributed by atoms with Gasteiger partial charge in [-0.1, -0.05) is 0 Å². The Bertz CT molecular complexity index is 920. The summed E-state index contributed by atoms with van der Waals surface area (Å²) in [6.07, 6.45) is 1.69. The van der Waals surface area contributed by atoms with Gasteiger partial charge in [0.1, 0.15) is 23.5 Å². The third kappa shape index (κ3) is 4.90. The van der Waals surface area contributed by atoms with E-state index >= 15 is 0 Å². The highest BCUT2D eigenvalue weighted by Gasteiger charge is 2.31. The van der Waals surface area contributed by atoms with Crippen LogP contribution in [0.2, 0.25) is 5.28 Å². The van der Waals surface area contributed by atoms with Gasteiger partial charge in [-0.25, -0.2) is 14.8 Å². The molecule has 146 valence electrons. The number of nitriles is 1. The van der Waals surface area contributed by atoms with Crippen LogP contribution in [0.15, 0.2) is 30.5 Å². The smallest absolute Gasteiger partial charge is 0.410 e. The third-order valence-electron chi connectivity index (χ3n) is 4.11. The molecule has 2 aromatic rings. The molecule has 2 heterocycles. The van der Waals surface area contributed by atoms with Crippen molar-refractivity contribution in [3.05, 3.63) is 41.3 Å². The van der Waals surface area contributed by atoms with Crippen molar-refractivity contribution in [2.75, 3.05) is 13.1 Å². The number of carbonyl (C=O) groups excluding carboxylic acids is 1. The first kappa shape index (κ1) is 19.9. The van der Waals surface area contributed by atoms with E-state index in [1.165, 1.54) is 0 Å². The Kier molecular flexibility index (Phi) is 5.71. The summed E-state index contributed by atoms with van der Waals surface area (Å²) in [4.78, 5) is 21.8. The fourth-order valence-corrected chi connectivity index (χ4v) is 3.02. The van der Waals surface area contributed by atoms with Gasteiger partial charge in [-0.15, -0.1) is 0 Å². The molecular weight excluding hydrogens is 380 g/mol. The van der Waals surface area contributed by atoms with Crippen LogP contribution in [-0.4, -0.2) is 45.8 Å². The normalized spacial score (nSPS) is 16.5. The monoisotopic (exact) mass is 400 g/mol. The molecule has 0 unspecified atom stereocenters. The molecule has 1 fully saturated rings. The molecule has 1 aliphatic heterocycles. The van der Waals surface area contributed by atoms with E-state index in [4.69, 9.17) is 21.1 Å². The SMILES string of the molecule is CC(C)(C)OC(=O)N1CC[C@@H](Oc2ccc(-c3ccnc(Cl)n3)cc2C#N)C1. The summed E-state index contributed by atoms with van der Waals surface area (Å²) in [5.41, 5.74) is 1.22. The van der Waals surface area contributed by atoms with E-state index in [0.717, 1.165) is 5.56 Å². The number of hydrogen-bond acceptors (Lipinski definition) is 6. The summed E-state index contributed by atoms with van der Waals surface area (Å²) in [6, 6.07) is 9.13. The number of halogens is 1. The number of amides is 1. The van der Waals surface area contributed by atoms with Gasteiger partial charge in [-0.2, -0.15) is 5.26 Å². The van der Waals surface area contributed by atoms with E-state index < -0.39 is 5.60 Å². The first-order valence-corrected chi connectivity index (χ1v) is 9.30. The lowest BCUT2D eigenvalue weighted by Gasteiger charge is -2.24. The van der Waals surface area contributed by atoms with Crippen LogP contribution in [0.4, 0.5) is 4.79 Å². The van der Waals surface area contributed by atoms with E-state index in [2.05, 4.69) is 16.0 Å². The molecule has 0 bridgehead atoms. The molecule has 7 nitrogen and oxygen atoms in total. The highest BCUT2D eigenvalue weighted by molar-refractivity contribution is 6.28. The Balaban J connectivity index is 1.70. The number of likely N-dealkylation sites (tertiary alicyclic amines) is 1. The maximum absolute atomic E-state index is 12.2. The predicted molar refractivity (Wildman–Crippen MR) is 104 cm³/mol. The Morgan fingerprint density at radius 2 is 2.14 bits per heavy atom. The summed E-state index contributed by atoms with van der Waals surface area (Å²) in [6.45, 7) is 6.48. The summed E-state index contributed by atoms with van der Waals surface area (Å²) in [5.74, 6) is 0.474. The molecule has 1 aromatic heterocycles. The average molecular weight is 401 g/mol. The minimum Gasteiger partial charge on any atom is -0.487 e. The maximum atomic E-state index is 12.2. The lowest BCUT2D eigenvalue weighted by Crippen LogP contribution is -2.36. The maximum Gasteiger partial charge on any atom is 0.410 e. The summed E-state index contributed by atoms with van der Waals surface area (Å²) in [7, 11) is 0. The van der Waals surface area contributed by atoms with Crippen LogP contribution >= 0.6 is 11.6 Å². The standard InChI is InChI=1S/C20H21ClN4O3/c1-20(2,3)28-19(26)25-9-7-15(12-25)27-17-5-4-13(10-14(17)11-22)16-6-8-23-18(21)24-16/h4-6,8,10,15H,7,9,12H2,1-3H3/t15-/m1/s1. The topological polar surface area (TPSA) is 88.3 Å². The molecule has 1 aliphatic rings. The fourth-order valence-electron chi connectivity index (χ4n) is 2.87. The van der Waals surface area contributed by atoms with E-state index in [0.29, 0.717) is 36.5 Å². The predicted octanol–water partition coefficient (Wildman–Crippen LogP) is 4.06. The van der Waals surface area contributed by atoms with E-state index in [1.54, 1.807) is 29.3 Å². The minimum atomic E-state index is -0.538. The number of carbonyl (C=O) groups is 1. The summed E-state index contributed by atoms with van der Waals surface area (Å²) >= 11 is 5.84. The van der Waals surface area contributed by atoms with Crippen LogP contribution in [0.25, 0.3) is 11.3 Å². The molecule has 3 rings (SSSR count). The molecule has 0 radical (unpaired) electrons. The second-order valence-corrected chi connectivity index (χ2v) is 7.83. The summed E-state index contributed by atoms with van der Waals surface area (Å²) in [5, 5.41) is 9.66. The molecule has 1 amide bonds. The molecular formula is C20H21ClN4O3. The highest BCUT2D eigenvalue weighted by atomic mass is 35.5. The van der Waals surface area contributed by atoms with Crippen molar-refractivity contribution in [2.24, 2.45) is 0 Å². The number of nitrogens with zero attached hydrogens (tertiary/aromatic N) is 4. The molecule has 0 aliphatic carbocycles. The van der Waals surface area contributed by atoms with Gasteiger partial charge < -0.3 is 14.4 Å². The van der Waals surface area contributed by atoms with Crippen LogP contribution in [0.1, 0.15) is 32.8 Å². The highest BCUT2D eigenvalue weighted by Crippen LogP contribution is 2.28. The molecule has 0 spiro atoms. The van der Waals surface area contributed by atoms with Crippen LogP contribution in [0.5, 0.6) is 5.75 Å². The van der Waals surface area contributed by atoms with Gasteiger partial charge in [0.2, 0.25) is 5.28 Å². The minimum absolute atomic E-state index is 0.143. The van der Waals surface area contributed by atoms with Crippen LogP contribution in [0.3, 0.4) is 0 Å². The Morgan fingerprint density at radius 1 is 1.36 bits per heavy atom. The summed E-state index contributed by atoms with van der Waals surface area (Å²) < 4.78 is 11.4. The van der Waals surface area contributed by atoms with Crippen LogP contribution in [-0.2, 0) is 4.74 Å². The van der Waals surface area contributed by atoms with Crippen molar-refractivity contribution in [3.63, 3.8) is 0 Å². The van der Waals surface area contributed by atoms with Gasteiger partial charge in [0, 0.05) is 24.7 Å². The van der Waals surface area contributed by atoms with Crippen LogP contribution < -0.4 is 4.74 Å². The van der Waals surface area contributed by atoms with Gasteiger partial charge in [-0.05, 0) is 56.6 Å². The van der Waals surface area contributed by atoms with Crippen LogP contribution in [0, 0.1) is 11.3 Å². The number of aromatic nitrogens is 2. The second-order valence-electron chi connectivity index (χ2n) is 7.49. The fraction of sp³-hybridized carbons (Fsp3) is 0.400. The zero-order valence-corrected chi connectivity index (χ0v) is 16.7. The van der Waals surface area contributed by atoms with Gasteiger partial charge in [-0.3, -0.25) is 0 Å². The first-order valence-electron chi connectivity index (χ1n) is 8.93. The lowest BCUT2D eigenvalue weighted by molar-refractivity contribution is 0.0275. The number of benzene rings is 1. The molecule has 1 atom stereocenters. The zero-order valence-electron chi connectivity index (χ0n) is 16.0. The van der Waals surface area contributed by atoms with E-state index in [1.807, 2.05) is 26.8 Å². The average Bonchev–Trinajstić information content (AvgIpc) is 3.09.